The number of hydrogen-bond acceptors (Lipinski definition) is 5. The summed E-state index contributed by atoms with van der Waals surface area (Å²) in [6.45, 7) is 2.16. The van der Waals surface area contributed by atoms with Gasteiger partial charge in [0.1, 0.15) is 0 Å². The van der Waals surface area contributed by atoms with E-state index in [1.54, 1.807) is 19.1 Å². The van der Waals surface area contributed by atoms with Gasteiger partial charge >= 0.3 is 5.97 Å². The highest BCUT2D eigenvalue weighted by molar-refractivity contribution is 6.10. The number of aromatic hydroxyl groups is 1. The molecule has 0 bridgehead atoms. The number of aromatic carboxylic acids is 1. The van der Waals surface area contributed by atoms with Gasteiger partial charge in [0.2, 0.25) is 0 Å². The molecule has 2 heterocycles. The van der Waals surface area contributed by atoms with Gasteiger partial charge in [-0.3, -0.25) is 9.98 Å². The lowest BCUT2D eigenvalue weighted by Gasteiger charge is -2.10. The van der Waals surface area contributed by atoms with E-state index in [-0.39, 0.29) is 11.3 Å². The van der Waals surface area contributed by atoms with Crippen LogP contribution in [0.15, 0.2) is 29.3 Å². The summed E-state index contributed by atoms with van der Waals surface area (Å²) in [5.41, 5.74) is 3.31. The first-order valence-electron chi connectivity index (χ1n) is 6.67. The van der Waals surface area contributed by atoms with E-state index in [9.17, 15) is 15.0 Å². The van der Waals surface area contributed by atoms with Crippen LogP contribution in [0.25, 0.3) is 11.3 Å². The van der Waals surface area contributed by atoms with E-state index < -0.39 is 5.97 Å². The molecule has 0 spiro atoms. The van der Waals surface area contributed by atoms with Crippen molar-refractivity contribution < 1.29 is 19.7 Å². The molecule has 0 saturated carbocycles. The zero-order valence-corrected chi connectivity index (χ0v) is 12.1. The summed E-state index contributed by atoms with van der Waals surface area (Å²) in [5.74, 6) is -0.684. The fraction of sp³-hybridized carbons (Fsp3) is 0.188. The number of fused-ring (bicyclic) bond motifs is 1. The predicted molar refractivity (Wildman–Crippen MR) is 80.8 cm³/mol. The Morgan fingerprint density at radius 1 is 1.32 bits per heavy atom. The molecule has 0 aliphatic carbocycles. The molecular formula is C16H14N2O4. The van der Waals surface area contributed by atoms with E-state index in [2.05, 4.69) is 9.98 Å². The van der Waals surface area contributed by atoms with Crippen molar-refractivity contribution in [2.45, 2.75) is 13.5 Å². The second kappa shape index (κ2) is 5.14. The number of phenolic OH excluding ortho intramolecular Hbond substituents is 1. The van der Waals surface area contributed by atoms with Crippen LogP contribution in [-0.2, 0) is 6.54 Å². The number of aromatic nitrogens is 1. The minimum Gasteiger partial charge on any atom is -0.504 e. The van der Waals surface area contributed by atoms with Crippen molar-refractivity contribution in [2.24, 2.45) is 4.99 Å². The molecule has 6 heteroatoms. The number of nitrogens with zero attached hydrogens (tertiary/aromatic N) is 2. The Hall–Kier alpha value is -2.89. The maximum Gasteiger partial charge on any atom is 0.336 e. The first-order valence-corrected chi connectivity index (χ1v) is 6.67. The number of pyridine rings is 1. The van der Waals surface area contributed by atoms with E-state index in [0.717, 1.165) is 0 Å². The van der Waals surface area contributed by atoms with Gasteiger partial charge in [0.25, 0.3) is 0 Å². The van der Waals surface area contributed by atoms with Crippen molar-refractivity contribution in [3.8, 4) is 22.8 Å². The number of carbonyl (C=O) groups is 1. The van der Waals surface area contributed by atoms with Gasteiger partial charge in [-0.25, -0.2) is 4.79 Å². The van der Waals surface area contributed by atoms with E-state index in [0.29, 0.717) is 40.5 Å². The lowest BCUT2D eigenvalue weighted by atomic mass is 10.0. The summed E-state index contributed by atoms with van der Waals surface area (Å²) in [5, 5.41) is 19.1. The van der Waals surface area contributed by atoms with Crippen molar-refractivity contribution in [1.29, 1.82) is 0 Å². The normalized spacial score (nSPS) is 12.7. The highest BCUT2D eigenvalue weighted by atomic mass is 16.5. The van der Waals surface area contributed by atoms with E-state index >= 15 is 0 Å². The average Bonchev–Trinajstić information content (AvgIpc) is 2.88. The SMILES string of the molecule is COc1cc(-c2cc(C(=O)O)c3c(n2)CN=C3C)ccc1O. The molecule has 1 aliphatic rings. The van der Waals surface area contributed by atoms with Crippen LogP contribution < -0.4 is 4.74 Å². The smallest absolute Gasteiger partial charge is 0.336 e. The zero-order chi connectivity index (χ0) is 15.9. The Balaban J connectivity index is 2.18. The molecule has 3 rings (SSSR count). The Kier molecular flexibility index (Phi) is 3.29. The number of rotatable bonds is 3. The molecule has 1 aromatic carbocycles. The average molecular weight is 298 g/mol. The summed E-state index contributed by atoms with van der Waals surface area (Å²) in [7, 11) is 1.45. The zero-order valence-electron chi connectivity index (χ0n) is 12.1. The lowest BCUT2D eigenvalue weighted by Crippen LogP contribution is -2.09. The van der Waals surface area contributed by atoms with Crippen molar-refractivity contribution in [1.82, 2.24) is 4.98 Å². The van der Waals surface area contributed by atoms with E-state index in [1.807, 2.05) is 0 Å². The van der Waals surface area contributed by atoms with Crippen LogP contribution in [-0.4, -0.2) is 34.0 Å². The van der Waals surface area contributed by atoms with E-state index in [4.69, 9.17) is 4.74 Å². The molecule has 2 N–H and O–H groups in total. The number of carboxylic acids is 1. The van der Waals surface area contributed by atoms with Crippen LogP contribution in [0, 0.1) is 0 Å². The third-order valence-corrected chi connectivity index (χ3v) is 3.63. The predicted octanol–water partition coefficient (Wildman–Crippen LogP) is 2.48. The molecule has 0 fully saturated rings. The maximum atomic E-state index is 11.5. The van der Waals surface area contributed by atoms with Crippen molar-refractivity contribution in [3.05, 3.63) is 41.1 Å². The number of carboxylic acid groups (broad SMARTS) is 1. The van der Waals surface area contributed by atoms with Gasteiger partial charge in [-0.1, -0.05) is 0 Å². The Morgan fingerprint density at radius 2 is 2.09 bits per heavy atom. The van der Waals surface area contributed by atoms with Crippen LogP contribution in [0.2, 0.25) is 0 Å². The molecule has 22 heavy (non-hydrogen) atoms. The van der Waals surface area contributed by atoms with Gasteiger partial charge in [-0.05, 0) is 31.2 Å². The first kappa shape index (κ1) is 14.1. The van der Waals surface area contributed by atoms with Gasteiger partial charge in [-0.15, -0.1) is 0 Å². The third-order valence-electron chi connectivity index (χ3n) is 3.63. The van der Waals surface area contributed by atoms with E-state index in [1.165, 1.54) is 19.2 Å². The lowest BCUT2D eigenvalue weighted by molar-refractivity contribution is 0.0696. The van der Waals surface area contributed by atoms with Crippen molar-refractivity contribution >= 4 is 11.7 Å². The fourth-order valence-electron chi connectivity index (χ4n) is 2.54. The van der Waals surface area contributed by atoms with Crippen LogP contribution in [0.5, 0.6) is 11.5 Å². The number of aliphatic imine (C=N–C) groups is 1. The summed E-state index contributed by atoms with van der Waals surface area (Å²) in [6, 6.07) is 6.31. The Labute approximate surface area is 126 Å². The molecule has 0 unspecified atom stereocenters. The number of benzene rings is 1. The number of phenols is 1. The number of hydrogen-bond donors (Lipinski definition) is 2. The standard InChI is InChI=1S/C16H14N2O4/c1-8-15-10(16(20)21)6-11(18-12(15)7-17-8)9-3-4-13(19)14(5-9)22-2/h3-6,19H,7H2,1-2H3,(H,20,21). The quantitative estimate of drug-likeness (QED) is 0.908. The second-order valence-corrected chi connectivity index (χ2v) is 4.97. The van der Waals surface area contributed by atoms with Gasteiger partial charge in [0.15, 0.2) is 11.5 Å². The summed E-state index contributed by atoms with van der Waals surface area (Å²) in [6.07, 6.45) is 0. The Bertz CT molecular complexity index is 812. The largest absolute Gasteiger partial charge is 0.504 e. The van der Waals surface area contributed by atoms with Gasteiger partial charge in [0, 0.05) is 16.8 Å². The monoisotopic (exact) mass is 298 g/mol. The summed E-state index contributed by atoms with van der Waals surface area (Å²) < 4.78 is 5.08. The fourth-order valence-corrected chi connectivity index (χ4v) is 2.54. The number of methoxy groups -OCH3 is 1. The highest BCUT2D eigenvalue weighted by Gasteiger charge is 2.23. The minimum absolute atomic E-state index is 0.0186. The molecule has 1 aliphatic heterocycles. The topological polar surface area (TPSA) is 92.0 Å². The number of ether oxygens (including phenoxy) is 1. The molecule has 0 radical (unpaired) electrons. The van der Waals surface area contributed by atoms with Crippen LogP contribution >= 0.6 is 0 Å². The molecule has 1 aromatic heterocycles. The molecule has 0 saturated heterocycles. The Morgan fingerprint density at radius 3 is 2.77 bits per heavy atom. The minimum atomic E-state index is -1.01. The maximum absolute atomic E-state index is 11.5. The first-order chi connectivity index (χ1) is 10.5. The van der Waals surface area contributed by atoms with Gasteiger partial charge in [0.05, 0.1) is 30.6 Å². The van der Waals surface area contributed by atoms with Crippen LogP contribution in [0.4, 0.5) is 0 Å². The highest BCUT2D eigenvalue weighted by Crippen LogP contribution is 2.33. The molecule has 112 valence electrons. The summed E-state index contributed by atoms with van der Waals surface area (Å²) >= 11 is 0. The molecule has 6 nitrogen and oxygen atoms in total. The molecular weight excluding hydrogens is 284 g/mol. The second-order valence-electron chi connectivity index (χ2n) is 4.97. The van der Waals surface area contributed by atoms with Gasteiger partial charge in [-0.2, -0.15) is 0 Å². The van der Waals surface area contributed by atoms with Gasteiger partial charge < -0.3 is 14.9 Å². The summed E-state index contributed by atoms with van der Waals surface area (Å²) in [4.78, 5) is 20.3. The molecule has 2 aromatic rings. The van der Waals surface area contributed by atoms with Crippen molar-refractivity contribution in [2.75, 3.05) is 7.11 Å². The third kappa shape index (κ3) is 2.18. The van der Waals surface area contributed by atoms with Crippen LogP contribution in [0.3, 0.4) is 0 Å². The van der Waals surface area contributed by atoms with Crippen molar-refractivity contribution in [3.63, 3.8) is 0 Å². The molecule has 0 atom stereocenters. The van der Waals surface area contributed by atoms with Crippen LogP contribution in [0.1, 0.15) is 28.5 Å². The molecule has 0 amide bonds.